The van der Waals surface area contributed by atoms with Gasteiger partial charge >= 0.3 is 5.97 Å². The lowest BCUT2D eigenvalue weighted by atomic mass is 9.85. The van der Waals surface area contributed by atoms with E-state index >= 15 is 0 Å². The molecule has 0 amide bonds. The number of hydrogen-bond acceptors (Lipinski definition) is 2. The molecule has 3 unspecified atom stereocenters. The van der Waals surface area contributed by atoms with Crippen molar-refractivity contribution in [2.24, 2.45) is 11.3 Å². The Balaban J connectivity index is 1.81. The molecule has 0 aromatic heterocycles. The highest BCUT2D eigenvalue weighted by atomic mass is 16.4. The topological polar surface area (TPSA) is 49.3 Å². The average Bonchev–Trinajstić information content (AvgIpc) is 2.74. The zero-order valence-electron chi connectivity index (χ0n) is 9.62. The van der Waals surface area contributed by atoms with Crippen LogP contribution in [0.3, 0.4) is 0 Å². The predicted octanol–water partition coefficient (Wildman–Crippen LogP) is 2.02. The van der Waals surface area contributed by atoms with Gasteiger partial charge in [0.2, 0.25) is 0 Å². The van der Waals surface area contributed by atoms with E-state index < -0.39 is 5.97 Å². The third-order valence-electron chi connectivity index (χ3n) is 3.97. The van der Waals surface area contributed by atoms with Crippen LogP contribution in [0, 0.1) is 11.3 Å². The Hall–Kier alpha value is -0.570. The second-order valence-corrected chi connectivity index (χ2v) is 5.81. The molecule has 0 spiro atoms. The standard InChI is InChI=1S/C12H21NO2/c1-12(2)7-10(12)13-9-5-3-4-8(6-9)11(14)15/h8-10,13H,3-7H2,1-2H3,(H,14,15). The van der Waals surface area contributed by atoms with Gasteiger partial charge in [0.25, 0.3) is 0 Å². The molecule has 2 aliphatic rings. The van der Waals surface area contributed by atoms with E-state index in [1.165, 1.54) is 6.42 Å². The van der Waals surface area contributed by atoms with E-state index in [2.05, 4.69) is 19.2 Å². The van der Waals surface area contributed by atoms with Crippen LogP contribution in [0.5, 0.6) is 0 Å². The smallest absolute Gasteiger partial charge is 0.306 e. The summed E-state index contributed by atoms with van der Waals surface area (Å²) in [5.41, 5.74) is 0.441. The van der Waals surface area contributed by atoms with Gasteiger partial charge in [0.05, 0.1) is 5.92 Å². The van der Waals surface area contributed by atoms with Crippen LogP contribution in [0.25, 0.3) is 0 Å². The molecule has 0 aliphatic heterocycles. The Bertz CT molecular complexity index is 262. The largest absolute Gasteiger partial charge is 0.481 e. The van der Waals surface area contributed by atoms with E-state index in [1.807, 2.05) is 0 Å². The SMILES string of the molecule is CC1(C)CC1NC1CCCC(C(=O)O)C1. The molecule has 0 heterocycles. The number of rotatable bonds is 3. The first kappa shape index (κ1) is 10.9. The van der Waals surface area contributed by atoms with Crippen LogP contribution < -0.4 is 5.32 Å². The molecule has 0 aromatic carbocycles. The first-order valence-corrected chi connectivity index (χ1v) is 5.98. The summed E-state index contributed by atoms with van der Waals surface area (Å²) in [4.78, 5) is 10.9. The van der Waals surface area contributed by atoms with Gasteiger partial charge in [0.1, 0.15) is 0 Å². The lowest BCUT2D eigenvalue weighted by Gasteiger charge is -2.28. The van der Waals surface area contributed by atoms with Crippen molar-refractivity contribution in [3.63, 3.8) is 0 Å². The van der Waals surface area contributed by atoms with Crippen LogP contribution in [0.2, 0.25) is 0 Å². The summed E-state index contributed by atoms with van der Waals surface area (Å²) in [6.07, 6.45) is 5.13. The summed E-state index contributed by atoms with van der Waals surface area (Å²) in [5.74, 6) is -0.727. The quantitative estimate of drug-likeness (QED) is 0.751. The monoisotopic (exact) mass is 211 g/mol. The molecule has 0 aromatic rings. The lowest BCUT2D eigenvalue weighted by Crippen LogP contribution is -2.38. The Kier molecular flexibility index (Phi) is 2.75. The van der Waals surface area contributed by atoms with Crippen molar-refractivity contribution >= 4 is 5.97 Å². The number of carboxylic acids is 1. The van der Waals surface area contributed by atoms with Crippen LogP contribution in [0.15, 0.2) is 0 Å². The van der Waals surface area contributed by atoms with Gasteiger partial charge in [0, 0.05) is 12.1 Å². The molecule has 2 rings (SSSR count). The molecule has 0 bridgehead atoms. The summed E-state index contributed by atoms with van der Waals surface area (Å²) in [6.45, 7) is 4.53. The second kappa shape index (κ2) is 3.78. The number of aliphatic carboxylic acids is 1. The zero-order chi connectivity index (χ0) is 11.1. The van der Waals surface area contributed by atoms with E-state index in [9.17, 15) is 4.79 Å². The third-order valence-corrected chi connectivity index (χ3v) is 3.97. The minimum atomic E-state index is -0.614. The summed E-state index contributed by atoms with van der Waals surface area (Å²) in [6, 6.07) is 1.06. The van der Waals surface area contributed by atoms with Gasteiger partial charge in [0.15, 0.2) is 0 Å². The third kappa shape index (κ3) is 2.51. The highest BCUT2D eigenvalue weighted by Gasteiger charge is 2.46. The van der Waals surface area contributed by atoms with E-state index in [0.717, 1.165) is 25.7 Å². The minimum Gasteiger partial charge on any atom is -0.481 e. The van der Waals surface area contributed by atoms with Crippen LogP contribution in [0.1, 0.15) is 46.0 Å². The Labute approximate surface area is 91.2 Å². The molecule has 2 aliphatic carbocycles. The number of hydrogen-bond donors (Lipinski definition) is 2. The van der Waals surface area contributed by atoms with Crippen molar-refractivity contribution in [1.82, 2.24) is 5.32 Å². The van der Waals surface area contributed by atoms with Crippen molar-refractivity contribution < 1.29 is 9.90 Å². The fourth-order valence-electron chi connectivity index (χ4n) is 2.60. The molecular weight excluding hydrogens is 190 g/mol. The van der Waals surface area contributed by atoms with Crippen molar-refractivity contribution in [2.75, 3.05) is 0 Å². The molecule has 2 saturated carbocycles. The molecule has 3 heteroatoms. The van der Waals surface area contributed by atoms with Gasteiger partial charge in [-0.25, -0.2) is 0 Å². The fraction of sp³-hybridized carbons (Fsp3) is 0.917. The Morgan fingerprint density at radius 1 is 1.40 bits per heavy atom. The minimum absolute atomic E-state index is 0.113. The van der Waals surface area contributed by atoms with E-state index in [0.29, 0.717) is 17.5 Å². The van der Waals surface area contributed by atoms with Gasteiger partial charge in [-0.05, 0) is 31.1 Å². The summed E-state index contributed by atoms with van der Waals surface area (Å²) in [5, 5.41) is 12.6. The predicted molar refractivity (Wildman–Crippen MR) is 58.7 cm³/mol. The van der Waals surface area contributed by atoms with E-state index in [-0.39, 0.29) is 5.92 Å². The highest BCUT2D eigenvalue weighted by molar-refractivity contribution is 5.70. The van der Waals surface area contributed by atoms with Crippen LogP contribution in [0.4, 0.5) is 0 Å². The average molecular weight is 211 g/mol. The molecule has 2 fully saturated rings. The van der Waals surface area contributed by atoms with Crippen LogP contribution >= 0.6 is 0 Å². The Morgan fingerprint density at radius 2 is 2.07 bits per heavy atom. The van der Waals surface area contributed by atoms with Gasteiger partial charge in [-0.15, -0.1) is 0 Å². The summed E-state index contributed by atoms with van der Waals surface area (Å²) < 4.78 is 0. The highest BCUT2D eigenvalue weighted by Crippen LogP contribution is 2.45. The molecule has 3 nitrogen and oxygen atoms in total. The maximum absolute atomic E-state index is 10.9. The first-order chi connectivity index (χ1) is 6.99. The number of carbonyl (C=O) groups is 1. The van der Waals surface area contributed by atoms with Crippen molar-refractivity contribution in [1.29, 1.82) is 0 Å². The zero-order valence-corrected chi connectivity index (χ0v) is 9.62. The van der Waals surface area contributed by atoms with Crippen LogP contribution in [-0.4, -0.2) is 23.2 Å². The Morgan fingerprint density at radius 3 is 2.60 bits per heavy atom. The van der Waals surface area contributed by atoms with Crippen molar-refractivity contribution in [3.05, 3.63) is 0 Å². The summed E-state index contributed by atoms with van der Waals surface area (Å²) in [7, 11) is 0. The molecule has 0 saturated heterocycles. The molecule has 15 heavy (non-hydrogen) atoms. The molecule has 86 valence electrons. The van der Waals surface area contributed by atoms with Gasteiger partial charge < -0.3 is 10.4 Å². The van der Waals surface area contributed by atoms with E-state index in [1.54, 1.807) is 0 Å². The van der Waals surface area contributed by atoms with Gasteiger partial charge in [-0.2, -0.15) is 0 Å². The maximum atomic E-state index is 10.9. The summed E-state index contributed by atoms with van der Waals surface area (Å²) >= 11 is 0. The van der Waals surface area contributed by atoms with E-state index in [4.69, 9.17) is 5.11 Å². The number of carboxylic acid groups (broad SMARTS) is 1. The molecule has 2 N–H and O–H groups in total. The van der Waals surface area contributed by atoms with Crippen LogP contribution in [-0.2, 0) is 4.79 Å². The van der Waals surface area contributed by atoms with Crippen molar-refractivity contribution in [2.45, 2.75) is 58.0 Å². The molecule has 0 radical (unpaired) electrons. The number of nitrogens with one attached hydrogen (secondary N) is 1. The first-order valence-electron chi connectivity index (χ1n) is 5.98. The van der Waals surface area contributed by atoms with Gasteiger partial charge in [-0.1, -0.05) is 20.3 Å². The maximum Gasteiger partial charge on any atom is 0.306 e. The normalized spacial score (nSPS) is 38.7. The fourth-order valence-corrected chi connectivity index (χ4v) is 2.60. The second-order valence-electron chi connectivity index (χ2n) is 5.81. The molecule has 3 atom stereocenters. The lowest BCUT2D eigenvalue weighted by molar-refractivity contribution is -0.143. The van der Waals surface area contributed by atoms with Crippen molar-refractivity contribution in [3.8, 4) is 0 Å². The van der Waals surface area contributed by atoms with Gasteiger partial charge in [-0.3, -0.25) is 4.79 Å². The molecular formula is C12H21NO2.